The number of rotatable bonds is 7. The molecular formula is C15H20O4. The summed E-state index contributed by atoms with van der Waals surface area (Å²) in [5, 5.41) is 0. The van der Waals surface area contributed by atoms with E-state index in [-0.39, 0.29) is 18.4 Å². The molecule has 0 aliphatic heterocycles. The quantitative estimate of drug-likeness (QED) is 0.561. The minimum atomic E-state index is -0.305. The number of hydrogen-bond donors (Lipinski definition) is 0. The van der Waals surface area contributed by atoms with Gasteiger partial charge >= 0.3 is 11.9 Å². The number of ether oxygens (including phenoxy) is 2. The fraction of sp³-hybridized carbons (Fsp3) is 0.467. The summed E-state index contributed by atoms with van der Waals surface area (Å²) >= 11 is 0. The number of para-hydroxylation sites is 1. The van der Waals surface area contributed by atoms with Crippen molar-refractivity contribution in [1.82, 2.24) is 0 Å². The van der Waals surface area contributed by atoms with Crippen molar-refractivity contribution >= 4 is 11.9 Å². The first-order chi connectivity index (χ1) is 9.17. The second kappa shape index (κ2) is 8.29. The molecule has 0 amide bonds. The number of hydrogen-bond acceptors (Lipinski definition) is 4. The lowest BCUT2D eigenvalue weighted by Gasteiger charge is -2.09. The summed E-state index contributed by atoms with van der Waals surface area (Å²) in [5.41, 5.74) is 0.674. The van der Waals surface area contributed by atoms with Crippen LogP contribution in [0, 0.1) is 0 Å². The summed E-state index contributed by atoms with van der Waals surface area (Å²) in [6, 6.07) is 7.03. The maximum Gasteiger partial charge on any atom is 0.311 e. The largest absolute Gasteiger partial charge is 0.465 e. The molecule has 0 spiro atoms. The zero-order valence-electron chi connectivity index (χ0n) is 11.5. The van der Waals surface area contributed by atoms with Crippen LogP contribution >= 0.6 is 0 Å². The molecule has 0 N–H and O–H groups in total. The van der Waals surface area contributed by atoms with E-state index in [1.807, 2.05) is 13.8 Å². The van der Waals surface area contributed by atoms with Gasteiger partial charge in [0.2, 0.25) is 0 Å². The molecule has 104 valence electrons. The van der Waals surface area contributed by atoms with Crippen molar-refractivity contribution in [1.29, 1.82) is 0 Å². The lowest BCUT2D eigenvalue weighted by atomic mass is 10.1. The Kier molecular flexibility index (Phi) is 6.64. The highest BCUT2D eigenvalue weighted by Crippen LogP contribution is 2.19. The Morgan fingerprint density at radius 1 is 1.05 bits per heavy atom. The average molecular weight is 264 g/mol. The van der Waals surface area contributed by atoms with Crippen molar-refractivity contribution in [3.8, 4) is 5.75 Å². The maximum absolute atomic E-state index is 11.6. The first-order valence-corrected chi connectivity index (χ1v) is 6.61. The molecule has 0 bridgehead atoms. The van der Waals surface area contributed by atoms with Crippen LogP contribution in [-0.2, 0) is 20.7 Å². The lowest BCUT2D eigenvalue weighted by molar-refractivity contribution is -0.143. The van der Waals surface area contributed by atoms with Crippen molar-refractivity contribution in [3.05, 3.63) is 29.8 Å². The molecule has 0 radical (unpaired) electrons. The minimum absolute atomic E-state index is 0.121. The Labute approximate surface area is 113 Å². The van der Waals surface area contributed by atoms with Gasteiger partial charge in [-0.2, -0.15) is 0 Å². The topological polar surface area (TPSA) is 52.6 Å². The molecule has 0 unspecified atom stereocenters. The van der Waals surface area contributed by atoms with Gasteiger partial charge in [-0.3, -0.25) is 9.59 Å². The van der Waals surface area contributed by atoms with E-state index in [9.17, 15) is 9.59 Å². The minimum Gasteiger partial charge on any atom is -0.465 e. The van der Waals surface area contributed by atoms with Gasteiger partial charge in [-0.1, -0.05) is 32.0 Å². The zero-order chi connectivity index (χ0) is 14.1. The molecule has 0 saturated carbocycles. The van der Waals surface area contributed by atoms with Crippen molar-refractivity contribution < 1.29 is 19.1 Å². The molecule has 0 heterocycles. The van der Waals surface area contributed by atoms with Crippen LogP contribution in [0.25, 0.3) is 0 Å². The lowest BCUT2D eigenvalue weighted by Crippen LogP contribution is -2.12. The highest BCUT2D eigenvalue weighted by Gasteiger charge is 2.12. The van der Waals surface area contributed by atoms with E-state index >= 15 is 0 Å². The average Bonchev–Trinajstić information content (AvgIpc) is 2.39. The predicted octanol–water partition coefficient (Wildman–Crippen LogP) is 2.89. The number of carbonyl (C=O) groups excluding carboxylic acids is 2. The van der Waals surface area contributed by atoms with Gasteiger partial charge in [0.15, 0.2) is 0 Å². The molecule has 0 atom stereocenters. The Morgan fingerprint density at radius 3 is 2.47 bits per heavy atom. The van der Waals surface area contributed by atoms with Gasteiger partial charge in [-0.25, -0.2) is 0 Å². The molecule has 1 rings (SSSR count). The van der Waals surface area contributed by atoms with E-state index in [0.29, 0.717) is 24.3 Å². The Hall–Kier alpha value is -1.84. The number of benzene rings is 1. The monoisotopic (exact) mass is 264 g/mol. The SMILES string of the molecule is CCCOC(=O)Cc1ccccc1OC(=O)CCC. The second-order valence-corrected chi connectivity index (χ2v) is 4.23. The Balaban J connectivity index is 2.67. The summed E-state index contributed by atoms with van der Waals surface area (Å²) in [6.45, 7) is 4.26. The standard InChI is InChI=1S/C15H20O4/c1-3-7-14(16)19-13-9-6-5-8-12(13)11-15(17)18-10-4-2/h5-6,8-9H,3-4,7,10-11H2,1-2H3. The zero-order valence-corrected chi connectivity index (χ0v) is 11.5. The van der Waals surface area contributed by atoms with E-state index in [4.69, 9.17) is 9.47 Å². The molecule has 19 heavy (non-hydrogen) atoms. The van der Waals surface area contributed by atoms with Crippen molar-refractivity contribution in [2.75, 3.05) is 6.61 Å². The fourth-order valence-electron chi connectivity index (χ4n) is 1.55. The summed E-state index contributed by atoms with van der Waals surface area (Å²) in [6.07, 6.45) is 2.02. The van der Waals surface area contributed by atoms with Gasteiger partial charge in [0.05, 0.1) is 13.0 Å². The van der Waals surface area contributed by atoms with Crippen LogP contribution in [0.1, 0.15) is 38.7 Å². The molecule has 0 fully saturated rings. The highest BCUT2D eigenvalue weighted by molar-refractivity contribution is 5.76. The molecule has 1 aromatic carbocycles. The van der Waals surface area contributed by atoms with Crippen LogP contribution < -0.4 is 4.74 Å². The summed E-state index contributed by atoms with van der Waals surface area (Å²) in [7, 11) is 0. The molecular weight excluding hydrogens is 244 g/mol. The van der Waals surface area contributed by atoms with Crippen LogP contribution in [-0.4, -0.2) is 18.5 Å². The Morgan fingerprint density at radius 2 is 1.79 bits per heavy atom. The molecule has 0 aliphatic carbocycles. The summed E-state index contributed by atoms with van der Waals surface area (Å²) in [5.74, 6) is -0.146. The van der Waals surface area contributed by atoms with Gasteiger partial charge in [-0.15, -0.1) is 0 Å². The molecule has 1 aromatic rings. The van der Waals surface area contributed by atoms with Crippen LogP contribution in [0.15, 0.2) is 24.3 Å². The smallest absolute Gasteiger partial charge is 0.311 e. The van der Waals surface area contributed by atoms with Crippen molar-refractivity contribution in [3.63, 3.8) is 0 Å². The molecule has 0 aliphatic rings. The Bertz CT molecular complexity index is 426. The van der Waals surface area contributed by atoms with Crippen LogP contribution in [0.5, 0.6) is 5.75 Å². The second-order valence-electron chi connectivity index (χ2n) is 4.23. The van der Waals surface area contributed by atoms with E-state index in [1.54, 1.807) is 24.3 Å². The normalized spacial score (nSPS) is 10.0. The third-order valence-electron chi connectivity index (χ3n) is 2.45. The summed E-state index contributed by atoms with van der Waals surface area (Å²) < 4.78 is 10.3. The number of esters is 2. The molecule has 0 saturated heterocycles. The fourth-order valence-corrected chi connectivity index (χ4v) is 1.55. The maximum atomic E-state index is 11.6. The summed E-state index contributed by atoms with van der Waals surface area (Å²) in [4.78, 5) is 23.1. The van der Waals surface area contributed by atoms with Crippen molar-refractivity contribution in [2.24, 2.45) is 0 Å². The van der Waals surface area contributed by atoms with Gasteiger partial charge in [0, 0.05) is 12.0 Å². The third kappa shape index (κ3) is 5.55. The van der Waals surface area contributed by atoms with Crippen LogP contribution in [0.3, 0.4) is 0 Å². The van der Waals surface area contributed by atoms with E-state index in [2.05, 4.69) is 0 Å². The predicted molar refractivity (Wildman–Crippen MR) is 71.9 cm³/mol. The number of carbonyl (C=O) groups is 2. The first kappa shape index (κ1) is 15.2. The van der Waals surface area contributed by atoms with Crippen molar-refractivity contribution in [2.45, 2.75) is 39.5 Å². The van der Waals surface area contributed by atoms with Gasteiger partial charge in [0.1, 0.15) is 5.75 Å². The van der Waals surface area contributed by atoms with Crippen LogP contribution in [0.2, 0.25) is 0 Å². The highest BCUT2D eigenvalue weighted by atomic mass is 16.5. The van der Waals surface area contributed by atoms with Gasteiger partial charge in [-0.05, 0) is 18.9 Å². The molecule has 4 heteroatoms. The molecule has 4 nitrogen and oxygen atoms in total. The molecule has 0 aromatic heterocycles. The van der Waals surface area contributed by atoms with E-state index in [1.165, 1.54) is 0 Å². The van der Waals surface area contributed by atoms with E-state index < -0.39 is 0 Å². The van der Waals surface area contributed by atoms with Crippen LogP contribution in [0.4, 0.5) is 0 Å². The van der Waals surface area contributed by atoms with Gasteiger partial charge < -0.3 is 9.47 Å². The van der Waals surface area contributed by atoms with Gasteiger partial charge in [0.25, 0.3) is 0 Å². The van der Waals surface area contributed by atoms with E-state index in [0.717, 1.165) is 12.8 Å². The third-order valence-corrected chi connectivity index (χ3v) is 2.45. The first-order valence-electron chi connectivity index (χ1n) is 6.61.